The van der Waals surface area contributed by atoms with Crippen LogP contribution in [0, 0.1) is 17.0 Å². The van der Waals surface area contributed by atoms with E-state index < -0.39 is 29.4 Å². The number of carbonyl (C=O) groups is 3. The van der Waals surface area contributed by atoms with Crippen molar-refractivity contribution in [3.8, 4) is 5.75 Å². The molecule has 1 aromatic rings. The Labute approximate surface area is 142 Å². The van der Waals surface area contributed by atoms with E-state index in [2.05, 4.69) is 10.6 Å². The second kappa shape index (κ2) is 7.60. The zero-order valence-electron chi connectivity index (χ0n) is 13.7. The maximum atomic E-state index is 11.9. The van der Waals surface area contributed by atoms with Crippen molar-refractivity contribution in [3.05, 3.63) is 27.8 Å². The second-order valence-corrected chi connectivity index (χ2v) is 5.41. The zero-order valence-corrected chi connectivity index (χ0v) is 13.7. The number of hydrogen-bond donors (Lipinski definition) is 2. The molecule has 0 saturated carbocycles. The van der Waals surface area contributed by atoms with E-state index in [1.165, 1.54) is 19.2 Å². The number of hydrogen-bond acceptors (Lipinski definition) is 7. The van der Waals surface area contributed by atoms with Crippen molar-refractivity contribution >= 4 is 29.2 Å². The lowest BCUT2D eigenvalue weighted by Gasteiger charge is -2.12. The van der Waals surface area contributed by atoms with E-state index in [9.17, 15) is 24.5 Å². The summed E-state index contributed by atoms with van der Waals surface area (Å²) in [5.74, 6) is -1.53. The number of anilines is 1. The van der Waals surface area contributed by atoms with Gasteiger partial charge in [-0.15, -0.1) is 0 Å². The van der Waals surface area contributed by atoms with E-state index in [0.29, 0.717) is 17.7 Å². The van der Waals surface area contributed by atoms with Crippen LogP contribution >= 0.6 is 0 Å². The molecule has 1 aromatic carbocycles. The maximum absolute atomic E-state index is 11.9. The smallest absolute Gasteiger partial charge is 0.329 e. The lowest BCUT2D eigenvalue weighted by atomic mass is 10.1. The van der Waals surface area contributed by atoms with Gasteiger partial charge >= 0.3 is 11.7 Å². The molecule has 10 nitrogen and oxygen atoms in total. The number of esters is 1. The van der Waals surface area contributed by atoms with Crippen molar-refractivity contribution < 1.29 is 28.8 Å². The molecular formula is C15H17N3O7. The Morgan fingerprint density at radius 2 is 2.16 bits per heavy atom. The molecule has 0 bridgehead atoms. The molecule has 1 fully saturated rings. The van der Waals surface area contributed by atoms with Gasteiger partial charge in [-0.2, -0.15) is 0 Å². The molecule has 2 rings (SSSR count). The Hall–Kier alpha value is -3.17. The van der Waals surface area contributed by atoms with Crippen molar-refractivity contribution in [2.75, 3.05) is 19.0 Å². The van der Waals surface area contributed by atoms with E-state index in [0.717, 1.165) is 0 Å². The van der Waals surface area contributed by atoms with Crippen molar-refractivity contribution in [2.45, 2.75) is 25.8 Å². The van der Waals surface area contributed by atoms with Gasteiger partial charge in [0, 0.05) is 24.2 Å². The van der Waals surface area contributed by atoms with Crippen LogP contribution in [0.2, 0.25) is 0 Å². The number of nitro benzene ring substituents is 1. The van der Waals surface area contributed by atoms with Crippen LogP contribution in [-0.2, 0) is 19.1 Å². The molecule has 10 heteroatoms. The summed E-state index contributed by atoms with van der Waals surface area (Å²) in [4.78, 5) is 45.0. The standard InChI is InChI=1S/C15H17N3O7/c1-8-5-11(18(22)23)12(24-2)6-10(8)17-14(20)7-25-15(21)9-3-4-13(19)16-9/h5-6,9H,3-4,7H2,1-2H3,(H,16,19)(H,17,20). The minimum absolute atomic E-state index is 0.00318. The van der Waals surface area contributed by atoms with Crippen LogP contribution in [0.15, 0.2) is 12.1 Å². The normalized spacial score (nSPS) is 16.1. The third kappa shape index (κ3) is 4.43. The fourth-order valence-electron chi connectivity index (χ4n) is 2.33. The number of nitro groups is 1. The van der Waals surface area contributed by atoms with Crippen LogP contribution in [0.5, 0.6) is 5.75 Å². The third-order valence-corrected chi connectivity index (χ3v) is 3.62. The van der Waals surface area contributed by atoms with Gasteiger partial charge in [-0.1, -0.05) is 0 Å². The SMILES string of the molecule is COc1cc(NC(=O)COC(=O)C2CCC(=O)N2)c(C)cc1[N+](=O)[O-]. The summed E-state index contributed by atoms with van der Waals surface area (Å²) < 4.78 is 9.80. The van der Waals surface area contributed by atoms with E-state index in [-0.39, 0.29) is 23.8 Å². The second-order valence-electron chi connectivity index (χ2n) is 5.41. The molecule has 2 N–H and O–H groups in total. The summed E-state index contributed by atoms with van der Waals surface area (Å²) in [6.45, 7) is 1.05. The average molecular weight is 351 g/mol. The third-order valence-electron chi connectivity index (χ3n) is 3.62. The molecule has 1 aliphatic heterocycles. The van der Waals surface area contributed by atoms with Gasteiger partial charge in [-0.25, -0.2) is 4.79 Å². The molecule has 134 valence electrons. The Morgan fingerprint density at radius 1 is 1.44 bits per heavy atom. The fourth-order valence-corrected chi connectivity index (χ4v) is 2.33. The highest BCUT2D eigenvalue weighted by Gasteiger charge is 2.29. The van der Waals surface area contributed by atoms with Crippen LogP contribution in [-0.4, -0.2) is 42.5 Å². The van der Waals surface area contributed by atoms with Crippen LogP contribution in [0.4, 0.5) is 11.4 Å². The molecule has 0 aromatic heterocycles. The van der Waals surface area contributed by atoms with Crippen LogP contribution in [0.3, 0.4) is 0 Å². The van der Waals surface area contributed by atoms with Crippen molar-refractivity contribution in [3.63, 3.8) is 0 Å². The Morgan fingerprint density at radius 3 is 2.72 bits per heavy atom. The largest absolute Gasteiger partial charge is 0.490 e. The molecule has 1 heterocycles. The first-order chi connectivity index (χ1) is 11.8. The van der Waals surface area contributed by atoms with E-state index in [1.807, 2.05) is 0 Å². The first-order valence-corrected chi connectivity index (χ1v) is 7.40. The topological polar surface area (TPSA) is 137 Å². The average Bonchev–Trinajstić information content (AvgIpc) is 3.00. The Kier molecular flexibility index (Phi) is 5.52. The van der Waals surface area contributed by atoms with Crippen LogP contribution < -0.4 is 15.4 Å². The summed E-state index contributed by atoms with van der Waals surface area (Å²) >= 11 is 0. The molecule has 2 amide bonds. The number of methoxy groups -OCH3 is 1. The highest BCUT2D eigenvalue weighted by molar-refractivity contribution is 5.95. The van der Waals surface area contributed by atoms with E-state index in [1.54, 1.807) is 6.92 Å². The number of rotatable bonds is 6. The quantitative estimate of drug-likeness (QED) is 0.436. The van der Waals surface area contributed by atoms with Crippen LogP contribution in [0.25, 0.3) is 0 Å². The number of amides is 2. The number of ether oxygens (including phenoxy) is 2. The Balaban J connectivity index is 1.97. The minimum Gasteiger partial charge on any atom is -0.490 e. The predicted octanol–water partition coefficient (Wildman–Crippen LogP) is 0.672. The molecular weight excluding hydrogens is 334 g/mol. The summed E-state index contributed by atoms with van der Waals surface area (Å²) in [6, 6.07) is 1.86. The number of benzene rings is 1. The minimum atomic E-state index is -0.735. The first-order valence-electron chi connectivity index (χ1n) is 7.40. The summed E-state index contributed by atoms with van der Waals surface area (Å²) in [7, 11) is 1.28. The van der Waals surface area contributed by atoms with Crippen molar-refractivity contribution in [2.24, 2.45) is 0 Å². The molecule has 0 aliphatic carbocycles. The molecule has 25 heavy (non-hydrogen) atoms. The lowest BCUT2D eigenvalue weighted by molar-refractivity contribution is -0.385. The summed E-state index contributed by atoms with van der Waals surface area (Å²) in [5.41, 5.74) is 0.536. The van der Waals surface area contributed by atoms with Gasteiger partial charge in [0.25, 0.3) is 5.91 Å². The van der Waals surface area contributed by atoms with Gasteiger partial charge < -0.3 is 20.1 Å². The molecule has 0 radical (unpaired) electrons. The van der Waals surface area contributed by atoms with E-state index >= 15 is 0 Å². The summed E-state index contributed by atoms with van der Waals surface area (Å²) in [5, 5.41) is 15.9. The number of carbonyl (C=O) groups excluding carboxylic acids is 3. The number of aryl methyl sites for hydroxylation is 1. The molecule has 1 aliphatic rings. The van der Waals surface area contributed by atoms with Crippen molar-refractivity contribution in [1.29, 1.82) is 0 Å². The van der Waals surface area contributed by atoms with E-state index in [4.69, 9.17) is 9.47 Å². The number of nitrogens with zero attached hydrogens (tertiary/aromatic N) is 1. The predicted molar refractivity (Wildman–Crippen MR) is 85.1 cm³/mol. The van der Waals surface area contributed by atoms with Gasteiger partial charge in [0.15, 0.2) is 12.4 Å². The lowest BCUT2D eigenvalue weighted by Crippen LogP contribution is -2.36. The van der Waals surface area contributed by atoms with Crippen molar-refractivity contribution in [1.82, 2.24) is 5.32 Å². The number of nitrogens with one attached hydrogen (secondary N) is 2. The zero-order chi connectivity index (χ0) is 18.6. The van der Waals surface area contributed by atoms with Gasteiger partial charge in [0.1, 0.15) is 6.04 Å². The highest BCUT2D eigenvalue weighted by Crippen LogP contribution is 2.32. The monoisotopic (exact) mass is 351 g/mol. The highest BCUT2D eigenvalue weighted by atomic mass is 16.6. The van der Waals surface area contributed by atoms with Gasteiger partial charge in [-0.3, -0.25) is 19.7 Å². The molecule has 0 spiro atoms. The maximum Gasteiger partial charge on any atom is 0.329 e. The molecule has 1 saturated heterocycles. The fraction of sp³-hybridized carbons (Fsp3) is 0.400. The first kappa shape index (κ1) is 18.2. The van der Waals surface area contributed by atoms with Crippen LogP contribution in [0.1, 0.15) is 18.4 Å². The molecule has 1 atom stereocenters. The Bertz CT molecular complexity index is 732. The van der Waals surface area contributed by atoms with Gasteiger partial charge in [0.05, 0.1) is 12.0 Å². The van der Waals surface area contributed by atoms with Gasteiger partial charge in [0.2, 0.25) is 5.91 Å². The molecule has 1 unspecified atom stereocenters. The van der Waals surface area contributed by atoms with Gasteiger partial charge in [-0.05, 0) is 18.9 Å². The summed E-state index contributed by atoms with van der Waals surface area (Å²) in [6.07, 6.45) is 0.575.